The number of amides is 1. The molecule has 0 fully saturated rings. The third kappa shape index (κ3) is 4.72. The Hall–Kier alpha value is -1.52. The summed E-state index contributed by atoms with van der Waals surface area (Å²) >= 11 is 0. The lowest BCUT2D eigenvalue weighted by Crippen LogP contribution is -2.60. The summed E-state index contributed by atoms with van der Waals surface area (Å²) in [6, 6.07) is -0.888. The SMILES string of the molecule is CCCO[C@@]1(C(=O)O)C=C[C@@H](NC(C)=O)[C@H]([C@H](O)[C@H](O)CO)O1. The number of carboxylic acids is 1. The molecule has 1 heterocycles. The van der Waals surface area contributed by atoms with Gasteiger partial charge in [-0.25, -0.2) is 4.79 Å². The Labute approximate surface area is 133 Å². The van der Waals surface area contributed by atoms with E-state index in [4.69, 9.17) is 14.6 Å². The van der Waals surface area contributed by atoms with Gasteiger partial charge in [0, 0.05) is 6.92 Å². The number of carbonyl (C=O) groups is 2. The van der Waals surface area contributed by atoms with Crippen LogP contribution in [-0.2, 0) is 19.1 Å². The first-order chi connectivity index (χ1) is 10.8. The predicted molar refractivity (Wildman–Crippen MR) is 77.3 cm³/mol. The Morgan fingerprint density at radius 3 is 2.57 bits per heavy atom. The Bertz CT molecular complexity index is 454. The average molecular weight is 333 g/mol. The van der Waals surface area contributed by atoms with Gasteiger partial charge in [0.25, 0.3) is 5.79 Å². The minimum Gasteiger partial charge on any atom is -0.477 e. The Morgan fingerprint density at radius 1 is 1.43 bits per heavy atom. The Morgan fingerprint density at radius 2 is 2.09 bits per heavy atom. The van der Waals surface area contributed by atoms with E-state index in [-0.39, 0.29) is 6.61 Å². The highest BCUT2D eigenvalue weighted by Gasteiger charge is 2.48. The predicted octanol–water partition coefficient (Wildman–Crippen LogP) is -1.63. The minimum absolute atomic E-state index is 0.0901. The molecule has 0 radical (unpaired) electrons. The van der Waals surface area contributed by atoms with E-state index in [0.29, 0.717) is 6.42 Å². The van der Waals surface area contributed by atoms with E-state index in [1.165, 1.54) is 13.0 Å². The molecule has 5 atom stereocenters. The van der Waals surface area contributed by atoms with Crippen molar-refractivity contribution in [2.45, 2.75) is 50.4 Å². The first-order valence-corrected chi connectivity index (χ1v) is 7.26. The molecule has 0 saturated heterocycles. The average Bonchev–Trinajstić information content (AvgIpc) is 2.51. The molecule has 132 valence electrons. The van der Waals surface area contributed by atoms with Gasteiger partial charge >= 0.3 is 5.97 Å². The number of rotatable bonds is 8. The van der Waals surface area contributed by atoms with Gasteiger partial charge in [0.2, 0.25) is 5.91 Å². The van der Waals surface area contributed by atoms with Crippen LogP contribution in [-0.4, -0.2) is 75.7 Å². The summed E-state index contributed by atoms with van der Waals surface area (Å²) in [5.41, 5.74) is 0. The summed E-state index contributed by atoms with van der Waals surface area (Å²) in [6.07, 6.45) is -1.52. The van der Waals surface area contributed by atoms with E-state index in [2.05, 4.69) is 5.32 Å². The van der Waals surface area contributed by atoms with Crippen molar-refractivity contribution in [3.05, 3.63) is 12.2 Å². The number of hydrogen-bond donors (Lipinski definition) is 5. The smallest absolute Gasteiger partial charge is 0.368 e. The van der Waals surface area contributed by atoms with E-state index in [1.54, 1.807) is 6.92 Å². The summed E-state index contributed by atoms with van der Waals surface area (Å²) in [7, 11) is 0. The first kappa shape index (κ1) is 19.5. The van der Waals surface area contributed by atoms with Gasteiger partial charge < -0.3 is 35.2 Å². The summed E-state index contributed by atoms with van der Waals surface area (Å²) in [4.78, 5) is 22.8. The molecule has 23 heavy (non-hydrogen) atoms. The topological polar surface area (TPSA) is 146 Å². The van der Waals surface area contributed by atoms with Crippen LogP contribution in [0.25, 0.3) is 0 Å². The second-order valence-electron chi connectivity index (χ2n) is 5.23. The molecule has 5 N–H and O–H groups in total. The molecule has 1 aliphatic heterocycles. The maximum atomic E-state index is 11.5. The number of carboxylic acid groups (broad SMARTS) is 1. The molecule has 9 nitrogen and oxygen atoms in total. The van der Waals surface area contributed by atoms with Crippen LogP contribution in [0.1, 0.15) is 20.3 Å². The zero-order valence-corrected chi connectivity index (χ0v) is 13.0. The molecule has 1 amide bonds. The maximum Gasteiger partial charge on any atom is 0.368 e. The van der Waals surface area contributed by atoms with Gasteiger partial charge in [-0.1, -0.05) is 13.0 Å². The zero-order valence-electron chi connectivity index (χ0n) is 13.0. The molecule has 0 bridgehead atoms. The van der Waals surface area contributed by atoms with Crippen molar-refractivity contribution in [3.8, 4) is 0 Å². The van der Waals surface area contributed by atoms with Crippen LogP contribution in [0.4, 0.5) is 0 Å². The van der Waals surface area contributed by atoms with Crippen LogP contribution in [0, 0.1) is 0 Å². The summed E-state index contributed by atoms with van der Waals surface area (Å²) in [5, 5.41) is 40.5. The second-order valence-corrected chi connectivity index (χ2v) is 5.23. The monoisotopic (exact) mass is 333 g/mol. The van der Waals surface area contributed by atoms with E-state index in [0.717, 1.165) is 6.08 Å². The van der Waals surface area contributed by atoms with Gasteiger partial charge in [0.15, 0.2) is 0 Å². The van der Waals surface area contributed by atoms with E-state index in [1.807, 2.05) is 0 Å². The van der Waals surface area contributed by atoms with Gasteiger partial charge in [-0.05, 0) is 12.5 Å². The van der Waals surface area contributed by atoms with Crippen molar-refractivity contribution in [2.75, 3.05) is 13.2 Å². The number of aliphatic hydroxyl groups excluding tert-OH is 3. The molecule has 0 aromatic heterocycles. The van der Waals surface area contributed by atoms with Gasteiger partial charge in [-0.3, -0.25) is 4.79 Å². The summed E-state index contributed by atoms with van der Waals surface area (Å²) < 4.78 is 10.6. The fourth-order valence-electron chi connectivity index (χ4n) is 2.15. The Balaban J connectivity index is 3.12. The molecule has 0 spiro atoms. The third-order valence-electron chi connectivity index (χ3n) is 3.29. The van der Waals surface area contributed by atoms with Gasteiger partial charge in [-0.15, -0.1) is 0 Å². The van der Waals surface area contributed by atoms with Crippen LogP contribution in [0.2, 0.25) is 0 Å². The van der Waals surface area contributed by atoms with Crippen LogP contribution in [0.3, 0.4) is 0 Å². The highest BCUT2D eigenvalue weighted by Crippen LogP contribution is 2.28. The van der Waals surface area contributed by atoms with Crippen LogP contribution in [0.15, 0.2) is 12.2 Å². The van der Waals surface area contributed by atoms with Crippen molar-refractivity contribution >= 4 is 11.9 Å². The number of hydrogen-bond acceptors (Lipinski definition) is 7. The normalized spacial score (nSPS) is 29.8. The lowest BCUT2D eigenvalue weighted by molar-refractivity contribution is -0.261. The molecule has 0 aromatic carbocycles. The fraction of sp³-hybridized carbons (Fsp3) is 0.714. The van der Waals surface area contributed by atoms with Crippen molar-refractivity contribution in [1.29, 1.82) is 0 Å². The standard InChI is InChI=1S/C14H23NO8/c1-3-6-22-14(13(20)21)5-4-9(15-8(2)17)12(23-14)11(19)10(18)7-16/h4-5,9-12,16,18-19H,3,6-7H2,1-2H3,(H,15,17)(H,20,21)/t9-,10-,11-,12-,14+/m1/s1. The molecule has 0 aliphatic carbocycles. The lowest BCUT2D eigenvalue weighted by Gasteiger charge is -2.40. The highest BCUT2D eigenvalue weighted by molar-refractivity contribution is 5.79. The van der Waals surface area contributed by atoms with Crippen LogP contribution in [0.5, 0.6) is 0 Å². The zero-order chi connectivity index (χ0) is 17.6. The quantitative estimate of drug-likeness (QED) is 0.333. The Kier molecular flexibility index (Phi) is 7.10. The van der Waals surface area contributed by atoms with Crippen molar-refractivity contribution in [2.24, 2.45) is 0 Å². The van der Waals surface area contributed by atoms with E-state index < -0.39 is 48.6 Å². The number of aliphatic hydroxyl groups is 3. The molecule has 1 rings (SSSR count). The van der Waals surface area contributed by atoms with Crippen molar-refractivity contribution < 1.29 is 39.5 Å². The largest absolute Gasteiger partial charge is 0.477 e. The van der Waals surface area contributed by atoms with Crippen LogP contribution >= 0.6 is 0 Å². The molecule has 0 aromatic rings. The number of aliphatic carboxylic acids is 1. The van der Waals surface area contributed by atoms with E-state index >= 15 is 0 Å². The second kappa shape index (κ2) is 8.37. The maximum absolute atomic E-state index is 11.5. The van der Waals surface area contributed by atoms with Crippen LogP contribution < -0.4 is 5.32 Å². The van der Waals surface area contributed by atoms with Gasteiger partial charge in [0.1, 0.15) is 18.3 Å². The molecule has 0 saturated carbocycles. The number of ether oxygens (including phenoxy) is 2. The number of nitrogens with one attached hydrogen (secondary N) is 1. The molecule has 0 unspecified atom stereocenters. The van der Waals surface area contributed by atoms with E-state index in [9.17, 15) is 24.9 Å². The first-order valence-electron chi connectivity index (χ1n) is 7.26. The molecule has 1 aliphatic rings. The molecule has 9 heteroatoms. The third-order valence-corrected chi connectivity index (χ3v) is 3.29. The summed E-state index contributed by atoms with van der Waals surface area (Å²) in [5.74, 6) is -4.00. The molecular formula is C14H23NO8. The fourth-order valence-corrected chi connectivity index (χ4v) is 2.15. The summed E-state index contributed by atoms with van der Waals surface area (Å²) in [6.45, 7) is 2.36. The molecular weight excluding hydrogens is 310 g/mol. The van der Waals surface area contributed by atoms with Crippen molar-refractivity contribution in [1.82, 2.24) is 5.32 Å². The number of carbonyl (C=O) groups excluding carboxylic acids is 1. The minimum atomic E-state index is -2.13. The lowest BCUT2D eigenvalue weighted by atomic mass is 9.96. The van der Waals surface area contributed by atoms with Crippen molar-refractivity contribution in [3.63, 3.8) is 0 Å². The highest BCUT2D eigenvalue weighted by atomic mass is 16.7. The van der Waals surface area contributed by atoms with Gasteiger partial charge in [-0.2, -0.15) is 0 Å². The van der Waals surface area contributed by atoms with Gasteiger partial charge in [0.05, 0.1) is 19.3 Å².